The molecule has 2 aliphatic rings. The number of Topliss-reactive ketones (excluding diaryl/α,β-unsaturated/α-hetero) is 2. The van der Waals surface area contributed by atoms with Crippen LogP contribution in [0.15, 0.2) is 40.8 Å². The van der Waals surface area contributed by atoms with Gasteiger partial charge in [-0.2, -0.15) is 0 Å². The number of fused-ring (bicyclic) bond motifs is 1. The van der Waals surface area contributed by atoms with Crippen LogP contribution in [0.3, 0.4) is 0 Å². The monoisotopic (exact) mass is 338 g/mol. The molecule has 1 aromatic rings. The number of amides is 1. The Bertz CT molecular complexity index is 830. The third kappa shape index (κ3) is 2.94. The van der Waals surface area contributed by atoms with Crippen LogP contribution in [-0.2, 0) is 4.79 Å². The molecule has 0 radical (unpaired) electrons. The van der Waals surface area contributed by atoms with E-state index in [1.54, 1.807) is 18.2 Å². The van der Waals surface area contributed by atoms with E-state index >= 15 is 0 Å². The van der Waals surface area contributed by atoms with Crippen molar-refractivity contribution in [2.45, 2.75) is 45.1 Å². The molecule has 1 amide bonds. The highest BCUT2D eigenvalue weighted by Gasteiger charge is 2.38. The third-order valence-electron chi connectivity index (χ3n) is 4.74. The van der Waals surface area contributed by atoms with Gasteiger partial charge in [0.15, 0.2) is 5.78 Å². The Balaban J connectivity index is 2.19. The molecule has 7 nitrogen and oxygen atoms in total. The Morgan fingerprint density at radius 2 is 1.72 bits per heavy atom. The van der Waals surface area contributed by atoms with Crippen LogP contribution in [0.2, 0.25) is 0 Å². The Kier molecular flexibility index (Phi) is 4.67. The lowest BCUT2D eigenvalue weighted by Gasteiger charge is -2.36. The van der Waals surface area contributed by atoms with Gasteiger partial charge in [0.25, 0.3) is 0 Å². The molecule has 0 unspecified atom stereocenters. The minimum atomic E-state index is -0.523. The lowest BCUT2D eigenvalue weighted by molar-refractivity contribution is -0.129. The van der Waals surface area contributed by atoms with E-state index in [1.807, 2.05) is 0 Å². The second kappa shape index (κ2) is 6.91. The van der Waals surface area contributed by atoms with Crippen LogP contribution < -0.4 is 0 Å². The molecular formula is C18H18N4O3. The van der Waals surface area contributed by atoms with Crippen molar-refractivity contribution in [2.24, 2.45) is 5.11 Å². The zero-order valence-corrected chi connectivity index (χ0v) is 13.9. The molecule has 3 rings (SSSR count). The van der Waals surface area contributed by atoms with Crippen molar-refractivity contribution in [3.8, 4) is 0 Å². The molecule has 0 aliphatic heterocycles. The molecule has 128 valence electrons. The van der Waals surface area contributed by atoms with Gasteiger partial charge in [0.2, 0.25) is 11.7 Å². The van der Waals surface area contributed by atoms with Gasteiger partial charge in [-0.3, -0.25) is 14.4 Å². The number of hydrogen-bond acceptors (Lipinski definition) is 4. The first-order valence-corrected chi connectivity index (χ1v) is 8.34. The standard InChI is InChI=1S/C18H18N4O3/c1-11(23)22(12-7-3-2-4-8-12)16-15(20-21-19)17(24)13-9-5-6-10-14(13)18(16)25/h5-6,9-10,12H,2-4,7-8H2,1H3. The van der Waals surface area contributed by atoms with Crippen molar-refractivity contribution in [2.75, 3.05) is 0 Å². The number of carbonyl (C=O) groups excluding carboxylic acids is 3. The van der Waals surface area contributed by atoms with Crippen LogP contribution in [0.5, 0.6) is 0 Å². The Hall–Kier alpha value is -2.92. The summed E-state index contributed by atoms with van der Waals surface area (Å²) in [5, 5.41) is 3.49. The highest BCUT2D eigenvalue weighted by molar-refractivity contribution is 6.27. The molecule has 1 saturated carbocycles. The SMILES string of the molecule is CC(=O)N(C1=C(N=[N+]=[N-])C(=O)c2ccccc2C1=O)C1CCCCC1. The zero-order valence-electron chi connectivity index (χ0n) is 13.9. The first kappa shape index (κ1) is 16.9. The predicted molar refractivity (Wildman–Crippen MR) is 90.7 cm³/mol. The fourth-order valence-electron chi connectivity index (χ4n) is 3.65. The van der Waals surface area contributed by atoms with E-state index in [4.69, 9.17) is 5.53 Å². The Morgan fingerprint density at radius 1 is 1.12 bits per heavy atom. The van der Waals surface area contributed by atoms with Gasteiger partial charge in [-0.05, 0) is 18.4 Å². The van der Waals surface area contributed by atoms with Crippen LogP contribution in [-0.4, -0.2) is 28.4 Å². The average molecular weight is 338 g/mol. The number of hydrogen-bond donors (Lipinski definition) is 0. The maximum atomic E-state index is 13.0. The van der Waals surface area contributed by atoms with Crippen molar-refractivity contribution in [1.82, 2.24) is 4.90 Å². The van der Waals surface area contributed by atoms with Gasteiger partial charge >= 0.3 is 0 Å². The molecule has 0 atom stereocenters. The van der Waals surface area contributed by atoms with Gasteiger partial charge in [-0.15, -0.1) is 0 Å². The highest BCUT2D eigenvalue weighted by Crippen LogP contribution is 2.33. The summed E-state index contributed by atoms with van der Waals surface area (Å²) < 4.78 is 0. The number of benzene rings is 1. The van der Waals surface area contributed by atoms with Crippen LogP contribution in [0.4, 0.5) is 0 Å². The van der Waals surface area contributed by atoms with Crippen molar-refractivity contribution < 1.29 is 14.4 Å². The first-order chi connectivity index (χ1) is 12.1. The zero-order chi connectivity index (χ0) is 18.0. The normalized spacial score (nSPS) is 17.8. The van der Waals surface area contributed by atoms with E-state index in [9.17, 15) is 14.4 Å². The summed E-state index contributed by atoms with van der Waals surface area (Å²) in [6, 6.07) is 6.23. The molecule has 1 fully saturated rings. The summed E-state index contributed by atoms with van der Waals surface area (Å²) in [5.41, 5.74) is 8.95. The summed E-state index contributed by atoms with van der Waals surface area (Å²) >= 11 is 0. The molecule has 1 aromatic carbocycles. The average Bonchev–Trinajstić information content (AvgIpc) is 2.63. The van der Waals surface area contributed by atoms with Crippen LogP contribution >= 0.6 is 0 Å². The van der Waals surface area contributed by atoms with E-state index in [2.05, 4.69) is 10.0 Å². The number of azide groups is 1. The number of allylic oxidation sites excluding steroid dienone is 2. The minimum Gasteiger partial charge on any atom is -0.305 e. The van der Waals surface area contributed by atoms with Gasteiger partial charge in [0, 0.05) is 29.0 Å². The molecule has 25 heavy (non-hydrogen) atoms. The molecule has 0 saturated heterocycles. The Morgan fingerprint density at radius 3 is 2.28 bits per heavy atom. The van der Waals surface area contributed by atoms with E-state index in [0.717, 1.165) is 32.1 Å². The van der Waals surface area contributed by atoms with Gasteiger partial charge in [0.1, 0.15) is 11.4 Å². The molecule has 0 heterocycles. The second-order valence-corrected chi connectivity index (χ2v) is 6.27. The molecular weight excluding hydrogens is 320 g/mol. The Labute approximate surface area is 144 Å². The maximum Gasteiger partial charge on any atom is 0.224 e. The summed E-state index contributed by atoms with van der Waals surface area (Å²) in [6.07, 6.45) is 4.51. The van der Waals surface area contributed by atoms with Gasteiger partial charge in [-0.1, -0.05) is 48.6 Å². The number of carbonyl (C=O) groups is 3. The van der Waals surface area contributed by atoms with E-state index in [1.165, 1.54) is 17.9 Å². The van der Waals surface area contributed by atoms with Gasteiger partial charge < -0.3 is 4.90 Å². The van der Waals surface area contributed by atoms with Crippen molar-refractivity contribution in [3.63, 3.8) is 0 Å². The molecule has 0 spiro atoms. The van der Waals surface area contributed by atoms with Gasteiger partial charge in [0.05, 0.1) is 0 Å². The van der Waals surface area contributed by atoms with Crippen molar-refractivity contribution in [3.05, 3.63) is 57.2 Å². The van der Waals surface area contributed by atoms with Crippen LogP contribution in [0.1, 0.15) is 59.7 Å². The predicted octanol–water partition coefficient (Wildman–Crippen LogP) is 3.77. The molecule has 0 N–H and O–H groups in total. The van der Waals surface area contributed by atoms with Crippen molar-refractivity contribution >= 4 is 17.5 Å². The third-order valence-corrected chi connectivity index (χ3v) is 4.74. The molecule has 7 heteroatoms. The lowest BCUT2D eigenvalue weighted by Crippen LogP contribution is -2.44. The maximum absolute atomic E-state index is 13.0. The number of rotatable bonds is 3. The van der Waals surface area contributed by atoms with Crippen LogP contribution in [0.25, 0.3) is 10.4 Å². The highest BCUT2D eigenvalue weighted by atomic mass is 16.2. The van der Waals surface area contributed by atoms with Crippen LogP contribution in [0, 0.1) is 0 Å². The summed E-state index contributed by atoms with van der Waals surface area (Å²) in [5.74, 6) is -1.29. The fourth-order valence-corrected chi connectivity index (χ4v) is 3.65. The lowest BCUT2D eigenvalue weighted by atomic mass is 9.87. The van der Waals surface area contributed by atoms with E-state index in [-0.39, 0.29) is 34.5 Å². The largest absolute Gasteiger partial charge is 0.305 e. The topological polar surface area (TPSA) is 103 Å². The van der Waals surface area contributed by atoms with Crippen molar-refractivity contribution in [1.29, 1.82) is 0 Å². The van der Waals surface area contributed by atoms with E-state index in [0.29, 0.717) is 0 Å². The quantitative estimate of drug-likeness (QED) is 0.476. The minimum absolute atomic E-state index is 0.0825. The fraction of sp³-hybridized carbons (Fsp3) is 0.389. The van der Waals surface area contributed by atoms with Gasteiger partial charge in [-0.25, -0.2) is 0 Å². The smallest absolute Gasteiger partial charge is 0.224 e. The number of nitrogens with zero attached hydrogens (tertiary/aromatic N) is 4. The molecule has 0 aromatic heterocycles. The second-order valence-electron chi connectivity index (χ2n) is 6.27. The first-order valence-electron chi connectivity index (χ1n) is 8.34. The summed E-state index contributed by atoms with van der Waals surface area (Å²) in [4.78, 5) is 42.2. The van der Waals surface area contributed by atoms with E-state index < -0.39 is 11.6 Å². The summed E-state index contributed by atoms with van der Waals surface area (Å²) in [6.45, 7) is 1.37. The molecule has 2 aliphatic carbocycles. The molecule has 0 bridgehead atoms. The summed E-state index contributed by atoms with van der Waals surface area (Å²) in [7, 11) is 0. The number of ketones is 2.